The molecule has 0 spiro atoms. The standard InChI is InChI=1S/C7H11FN4O/c1-4-5(6(9)12-11-4)7(13)10-3-2-8/h2-3H2,1H3,(H,10,13)(H3,9,11,12). The molecule has 1 aromatic rings. The van der Waals surface area contributed by atoms with Gasteiger partial charge in [-0.05, 0) is 6.92 Å². The number of nitrogen functional groups attached to an aromatic ring is 1. The van der Waals surface area contributed by atoms with Crippen LogP contribution in [0, 0.1) is 6.92 Å². The fourth-order valence-electron chi connectivity index (χ4n) is 0.984. The lowest BCUT2D eigenvalue weighted by Gasteiger charge is -2.01. The molecule has 0 saturated carbocycles. The van der Waals surface area contributed by atoms with Gasteiger partial charge in [-0.2, -0.15) is 5.10 Å². The third-order valence-electron chi connectivity index (χ3n) is 1.58. The maximum Gasteiger partial charge on any atom is 0.257 e. The highest BCUT2D eigenvalue weighted by Gasteiger charge is 2.14. The summed E-state index contributed by atoms with van der Waals surface area (Å²) in [7, 11) is 0. The molecule has 13 heavy (non-hydrogen) atoms. The van der Waals surface area contributed by atoms with Crippen molar-refractivity contribution in [2.45, 2.75) is 6.92 Å². The number of nitrogens with one attached hydrogen (secondary N) is 2. The Labute approximate surface area is 74.5 Å². The van der Waals surface area contributed by atoms with Gasteiger partial charge in [0.2, 0.25) is 0 Å². The van der Waals surface area contributed by atoms with E-state index in [-0.39, 0.29) is 17.9 Å². The molecule has 72 valence electrons. The largest absolute Gasteiger partial charge is 0.382 e. The average molecular weight is 186 g/mol. The van der Waals surface area contributed by atoms with E-state index in [1.165, 1.54) is 0 Å². The predicted molar refractivity (Wildman–Crippen MR) is 46.0 cm³/mol. The number of anilines is 1. The Bertz CT molecular complexity index is 290. The Hall–Kier alpha value is -1.59. The minimum atomic E-state index is -0.595. The summed E-state index contributed by atoms with van der Waals surface area (Å²) in [5.41, 5.74) is 6.28. The number of aromatic amines is 1. The summed E-state index contributed by atoms with van der Waals surface area (Å²) in [5.74, 6) is -0.268. The summed E-state index contributed by atoms with van der Waals surface area (Å²) in [4.78, 5) is 11.3. The topological polar surface area (TPSA) is 83.8 Å². The zero-order valence-electron chi connectivity index (χ0n) is 7.22. The fourth-order valence-corrected chi connectivity index (χ4v) is 0.984. The zero-order valence-corrected chi connectivity index (χ0v) is 7.22. The molecule has 0 bridgehead atoms. The van der Waals surface area contributed by atoms with Crippen molar-refractivity contribution in [3.63, 3.8) is 0 Å². The van der Waals surface area contributed by atoms with Crippen LogP contribution in [-0.2, 0) is 0 Å². The lowest BCUT2D eigenvalue weighted by atomic mass is 10.2. The van der Waals surface area contributed by atoms with E-state index in [2.05, 4.69) is 15.5 Å². The molecule has 1 rings (SSSR count). The molecule has 6 heteroatoms. The highest BCUT2D eigenvalue weighted by Crippen LogP contribution is 2.11. The second-order valence-corrected chi connectivity index (χ2v) is 2.55. The number of H-pyrrole nitrogens is 1. The van der Waals surface area contributed by atoms with Crippen LogP contribution in [0.1, 0.15) is 16.1 Å². The highest BCUT2D eigenvalue weighted by atomic mass is 19.1. The molecule has 1 amide bonds. The van der Waals surface area contributed by atoms with Crippen LogP contribution >= 0.6 is 0 Å². The van der Waals surface area contributed by atoms with Gasteiger partial charge in [-0.3, -0.25) is 9.89 Å². The van der Waals surface area contributed by atoms with Gasteiger partial charge < -0.3 is 11.1 Å². The van der Waals surface area contributed by atoms with E-state index >= 15 is 0 Å². The van der Waals surface area contributed by atoms with Crippen LogP contribution in [0.5, 0.6) is 0 Å². The van der Waals surface area contributed by atoms with Crippen molar-refractivity contribution in [3.05, 3.63) is 11.3 Å². The molecular formula is C7H11FN4O. The van der Waals surface area contributed by atoms with Gasteiger partial charge in [-0.1, -0.05) is 0 Å². The Balaban J connectivity index is 2.76. The summed E-state index contributed by atoms with van der Waals surface area (Å²) in [6, 6.07) is 0. The zero-order chi connectivity index (χ0) is 9.84. The Morgan fingerprint density at radius 2 is 2.46 bits per heavy atom. The molecule has 0 atom stereocenters. The SMILES string of the molecule is Cc1[nH]nc(N)c1C(=O)NCCF. The number of aryl methyl sites for hydroxylation is 1. The van der Waals surface area contributed by atoms with Crippen LogP contribution in [0.25, 0.3) is 0 Å². The van der Waals surface area contributed by atoms with E-state index in [1.54, 1.807) is 6.92 Å². The van der Waals surface area contributed by atoms with E-state index in [0.29, 0.717) is 5.69 Å². The van der Waals surface area contributed by atoms with Gasteiger partial charge in [0.15, 0.2) is 5.82 Å². The van der Waals surface area contributed by atoms with Crippen LogP contribution in [0.3, 0.4) is 0 Å². The number of hydrogen-bond acceptors (Lipinski definition) is 3. The molecular weight excluding hydrogens is 175 g/mol. The molecule has 0 unspecified atom stereocenters. The Morgan fingerprint density at radius 3 is 2.92 bits per heavy atom. The third kappa shape index (κ3) is 1.95. The van der Waals surface area contributed by atoms with Gasteiger partial charge in [0.25, 0.3) is 5.91 Å². The average Bonchev–Trinajstić information content (AvgIpc) is 2.42. The molecule has 0 fully saturated rings. The first-order valence-corrected chi connectivity index (χ1v) is 3.81. The van der Waals surface area contributed by atoms with Crippen molar-refractivity contribution in [2.75, 3.05) is 19.0 Å². The molecule has 0 radical (unpaired) electrons. The van der Waals surface area contributed by atoms with Crippen LogP contribution in [0.2, 0.25) is 0 Å². The van der Waals surface area contributed by atoms with Crippen LogP contribution in [0.4, 0.5) is 10.2 Å². The van der Waals surface area contributed by atoms with E-state index in [4.69, 9.17) is 5.73 Å². The van der Waals surface area contributed by atoms with Gasteiger partial charge in [-0.15, -0.1) is 0 Å². The van der Waals surface area contributed by atoms with Crippen molar-refractivity contribution in [3.8, 4) is 0 Å². The number of amides is 1. The quantitative estimate of drug-likeness (QED) is 0.621. The first-order valence-electron chi connectivity index (χ1n) is 3.81. The molecule has 1 heterocycles. The van der Waals surface area contributed by atoms with Gasteiger partial charge in [0.1, 0.15) is 12.2 Å². The van der Waals surface area contributed by atoms with Gasteiger partial charge >= 0.3 is 0 Å². The van der Waals surface area contributed by atoms with Crippen LogP contribution in [0.15, 0.2) is 0 Å². The van der Waals surface area contributed by atoms with E-state index < -0.39 is 12.6 Å². The monoisotopic (exact) mass is 186 g/mol. The van der Waals surface area contributed by atoms with Crippen molar-refractivity contribution < 1.29 is 9.18 Å². The number of alkyl halides is 1. The first-order chi connectivity index (χ1) is 6.16. The van der Waals surface area contributed by atoms with Crippen molar-refractivity contribution in [1.82, 2.24) is 15.5 Å². The Kier molecular flexibility index (Phi) is 2.84. The third-order valence-corrected chi connectivity index (χ3v) is 1.58. The minimum absolute atomic E-state index is 0.0110. The molecule has 4 N–H and O–H groups in total. The lowest BCUT2D eigenvalue weighted by molar-refractivity contribution is 0.0951. The number of halogens is 1. The lowest BCUT2D eigenvalue weighted by Crippen LogP contribution is -2.26. The van der Waals surface area contributed by atoms with Gasteiger partial charge in [0, 0.05) is 12.2 Å². The number of rotatable bonds is 3. The summed E-state index contributed by atoms with van der Waals surface area (Å²) >= 11 is 0. The van der Waals surface area contributed by atoms with Crippen molar-refractivity contribution in [1.29, 1.82) is 0 Å². The van der Waals surface area contributed by atoms with Crippen LogP contribution < -0.4 is 11.1 Å². The summed E-state index contributed by atoms with van der Waals surface area (Å²) < 4.78 is 11.7. The van der Waals surface area contributed by atoms with Crippen LogP contribution in [-0.4, -0.2) is 29.3 Å². The Morgan fingerprint density at radius 1 is 1.77 bits per heavy atom. The molecule has 1 aromatic heterocycles. The normalized spacial score (nSPS) is 10.0. The second-order valence-electron chi connectivity index (χ2n) is 2.55. The second kappa shape index (κ2) is 3.88. The van der Waals surface area contributed by atoms with Gasteiger partial charge in [-0.25, -0.2) is 4.39 Å². The number of carbonyl (C=O) groups excluding carboxylic acids is 1. The number of aromatic nitrogens is 2. The van der Waals surface area contributed by atoms with E-state index in [0.717, 1.165) is 0 Å². The summed E-state index contributed by atoms with van der Waals surface area (Å²) in [6.45, 7) is 1.07. The maximum absolute atomic E-state index is 11.7. The molecule has 0 aliphatic carbocycles. The van der Waals surface area contributed by atoms with E-state index in [1.807, 2.05) is 0 Å². The number of nitrogens with zero attached hydrogens (tertiary/aromatic N) is 1. The maximum atomic E-state index is 11.7. The van der Waals surface area contributed by atoms with Crippen molar-refractivity contribution in [2.24, 2.45) is 0 Å². The molecule has 0 aliphatic heterocycles. The predicted octanol–water partition coefficient (Wildman–Crippen LogP) is -0.000380. The summed E-state index contributed by atoms with van der Waals surface area (Å²) in [6.07, 6.45) is 0. The fraction of sp³-hybridized carbons (Fsp3) is 0.429. The number of nitrogens with two attached hydrogens (primary N) is 1. The van der Waals surface area contributed by atoms with E-state index in [9.17, 15) is 9.18 Å². The minimum Gasteiger partial charge on any atom is -0.382 e. The molecule has 0 aliphatic rings. The smallest absolute Gasteiger partial charge is 0.257 e. The number of carbonyl (C=O) groups is 1. The summed E-state index contributed by atoms with van der Waals surface area (Å²) in [5, 5.41) is 8.57. The number of hydrogen-bond donors (Lipinski definition) is 3. The first kappa shape index (κ1) is 9.50. The molecule has 0 aromatic carbocycles. The van der Waals surface area contributed by atoms with Crippen molar-refractivity contribution >= 4 is 11.7 Å². The molecule has 5 nitrogen and oxygen atoms in total. The van der Waals surface area contributed by atoms with Gasteiger partial charge in [0.05, 0.1) is 0 Å². The highest BCUT2D eigenvalue weighted by molar-refractivity contribution is 5.99. The molecule has 0 saturated heterocycles.